The number of hydrogen-bond acceptors (Lipinski definition) is 4. The Morgan fingerprint density at radius 1 is 1.06 bits per heavy atom. The van der Waals surface area contributed by atoms with Crippen molar-refractivity contribution in [2.45, 2.75) is 85.6 Å². The Bertz CT molecular complexity index is 852. The van der Waals surface area contributed by atoms with Gasteiger partial charge in [-0.25, -0.2) is 0 Å². The van der Waals surface area contributed by atoms with Gasteiger partial charge in [0, 0.05) is 10.9 Å². The summed E-state index contributed by atoms with van der Waals surface area (Å²) in [4.78, 5) is 39.0. The number of thiophene rings is 1. The molecule has 0 aliphatic heterocycles. The van der Waals surface area contributed by atoms with Crippen LogP contribution < -0.4 is 10.6 Å². The fourth-order valence-electron chi connectivity index (χ4n) is 4.93. The standard InChI is InChI=1S/C24H36N2O4S/c1-13(2)25-21(28)19-17-11-10-14(24(3,4)5)12-18(17)31-22(19)26-20(27)15-8-6-7-9-16(15)23(29)30/h13-16H,6-12H2,1-5H3,(H,25,28)(H,26,27)(H,29,30)/t14-,15+,16+/m0/s1. The van der Waals surface area contributed by atoms with E-state index in [0.29, 0.717) is 29.3 Å². The highest BCUT2D eigenvalue weighted by molar-refractivity contribution is 7.17. The highest BCUT2D eigenvalue weighted by Crippen LogP contribution is 2.44. The van der Waals surface area contributed by atoms with Crippen LogP contribution in [0.1, 0.15) is 87.5 Å². The third-order valence-corrected chi connectivity index (χ3v) is 7.96. The summed E-state index contributed by atoms with van der Waals surface area (Å²) in [6.07, 6.45) is 5.55. The molecule has 6 nitrogen and oxygen atoms in total. The monoisotopic (exact) mass is 448 g/mol. The Kier molecular flexibility index (Phi) is 7.14. The molecule has 1 fully saturated rings. The molecule has 1 aromatic heterocycles. The zero-order valence-corrected chi connectivity index (χ0v) is 20.2. The first-order chi connectivity index (χ1) is 14.5. The smallest absolute Gasteiger partial charge is 0.307 e. The normalized spacial score (nSPS) is 23.9. The number of anilines is 1. The van der Waals surface area contributed by atoms with Gasteiger partial charge in [-0.05, 0) is 62.8 Å². The minimum atomic E-state index is -0.906. The molecule has 1 saturated carbocycles. The van der Waals surface area contributed by atoms with Crippen molar-refractivity contribution in [3.63, 3.8) is 0 Å². The highest BCUT2D eigenvalue weighted by atomic mass is 32.1. The van der Waals surface area contributed by atoms with E-state index in [1.165, 1.54) is 16.2 Å². The van der Waals surface area contributed by atoms with Crippen LogP contribution in [0.2, 0.25) is 0 Å². The second kappa shape index (κ2) is 9.31. The van der Waals surface area contributed by atoms with E-state index in [4.69, 9.17) is 0 Å². The summed E-state index contributed by atoms with van der Waals surface area (Å²) < 4.78 is 0. The molecule has 0 bridgehead atoms. The SMILES string of the molecule is CC(C)NC(=O)c1c(NC(=O)[C@@H]2CCCC[C@H]2C(=O)O)sc2c1CC[C@H](C(C)(C)C)C2. The predicted octanol–water partition coefficient (Wildman–Crippen LogP) is 4.87. The fraction of sp³-hybridized carbons (Fsp3) is 0.708. The lowest BCUT2D eigenvalue weighted by atomic mass is 9.72. The van der Waals surface area contributed by atoms with Gasteiger partial charge >= 0.3 is 5.97 Å². The summed E-state index contributed by atoms with van der Waals surface area (Å²) in [5.41, 5.74) is 1.82. The van der Waals surface area contributed by atoms with Crippen molar-refractivity contribution in [2.24, 2.45) is 23.2 Å². The number of nitrogens with one attached hydrogen (secondary N) is 2. The van der Waals surface area contributed by atoms with Gasteiger partial charge < -0.3 is 15.7 Å². The average Bonchev–Trinajstić information content (AvgIpc) is 3.03. The van der Waals surface area contributed by atoms with E-state index < -0.39 is 17.8 Å². The predicted molar refractivity (Wildman–Crippen MR) is 124 cm³/mol. The maximum absolute atomic E-state index is 13.1. The number of hydrogen-bond donors (Lipinski definition) is 3. The largest absolute Gasteiger partial charge is 0.481 e. The molecular weight excluding hydrogens is 412 g/mol. The molecule has 2 aliphatic carbocycles. The molecule has 1 heterocycles. The van der Waals surface area contributed by atoms with Crippen molar-refractivity contribution in [3.05, 3.63) is 16.0 Å². The maximum Gasteiger partial charge on any atom is 0.307 e. The summed E-state index contributed by atoms with van der Waals surface area (Å²) in [5.74, 6) is -2.00. The maximum atomic E-state index is 13.1. The Balaban J connectivity index is 1.91. The summed E-state index contributed by atoms with van der Waals surface area (Å²) in [6, 6.07) is -0.00717. The quantitative estimate of drug-likeness (QED) is 0.599. The fourth-order valence-corrected chi connectivity index (χ4v) is 6.26. The minimum Gasteiger partial charge on any atom is -0.481 e. The van der Waals surface area contributed by atoms with Crippen LogP contribution in [0.5, 0.6) is 0 Å². The lowest BCUT2D eigenvalue weighted by Gasteiger charge is -2.33. The van der Waals surface area contributed by atoms with Crippen LogP contribution in [0, 0.1) is 23.2 Å². The number of carbonyl (C=O) groups is 3. The van der Waals surface area contributed by atoms with Gasteiger partial charge in [0.2, 0.25) is 5.91 Å². The first-order valence-corrected chi connectivity index (χ1v) is 12.3. The van der Waals surface area contributed by atoms with Gasteiger partial charge in [0.15, 0.2) is 0 Å². The van der Waals surface area contributed by atoms with E-state index in [9.17, 15) is 19.5 Å². The molecule has 0 saturated heterocycles. The first kappa shape index (κ1) is 23.8. The molecular formula is C24H36N2O4S. The third-order valence-electron chi connectivity index (χ3n) is 6.79. The Hall–Kier alpha value is -1.89. The number of carboxylic acids is 1. The van der Waals surface area contributed by atoms with Gasteiger partial charge in [-0.3, -0.25) is 14.4 Å². The number of amides is 2. The summed E-state index contributed by atoms with van der Waals surface area (Å²) in [5, 5.41) is 16.1. The molecule has 3 atom stereocenters. The van der Waals surface area contributed by atoms with Crippen molar-refractivity contribution < 1.29 is 19.5 Å². The van der Waals surface area contributed by atoms with Gasteiger partial charge in [0.25, 0.3) is 5.91 Å². The van der Waals surface area contributed by atoms with Crippen LogP contribution in [0.25, 0.3) is 0 Å². The van der Waals surface area contributed by atoms with Crippen LogP contribution >= 0.6 is 11.3 Å². The molecule has 7 heteroatoms. The van der Waals surface area contributed by atoms with Crippen molar-refractivity contribution >= 4 is 34.1 Å². The van der Waals surface area contributed by atoms with Crippen LogP contribution in [-0.4, -0.2) is 28.9 Å². The number of aliphatic carboxylic acids is 1. The van der Waals surface area contributed by atoms with E-state index >= 15 is 0 Å². The molecule has 2 aliphatic rings. The minimum absolute atomic E-state index is 0.00717. The van der Waals surface area contributed by atoms with Gasteiger partial charge in [0.05, 0.1) is 17.4 Å². The summed E-state index contributed by atoms with van der Waals surface area (Å²) in [7, 11) is 0. The molecule has 0 radical (unpaired) electrons. The van der Waals surface area contributed by atoms with E-state index in [1.54, 1.807) is 0 Å². The molecule has 1 aromatic rings. The lowest BCUT2D eigenvalue weighted by molar-refractivity contribution is -0.147. The molecule has 31 heavy (non-hydrogen) atoms. The average molecular weight is 449 g/mol. The van der Waals surface area contributed by atoms with Crippen molar-refractivity contribution in [1.29, 1.82) is 0 Å². The second-order valence-electron chi connectivity index (χ2n) is 10.5. The number of fused-ring (bicyclic) bond motifs is 1. The van der Waals surface area contributed by atoms with Gasteiger partial charge in [-0.1, -0.05) is 33.6 Å². The second-order valence-corrected chi connectivity index (χ2v) is 11.6. The van der Waals surface area contributed by atoms with E-state index in [0.717, 1.165) is 37.7 Å². The van der Waals surface area contributed by atoms with Gasteiger partial charge in [0.1, 0.15) is 5.00 Å². The topological polar surface area (TPSA) is 95.5 Å². The highest BCUT2D eigenvalue weighted by Gasteiger charge is 2.38. The Morgan fingerprint density at radius 3 is 2.29 bits per heavy atom. The zero-order valence-electron chi connectivity index (χ0n) is 19.3. The summed E-state index contributed by atoms with van der Waals surface area (Å²) in [6.45, 7) is 10.6. The van der Waals surface area contributed by atoms with Crippen molar-refractivity contribution in [3.8, 4) is 0 Å². The van der Waals surface area contributed by atoms with Crippen molar-refractivity contribution in [2.75, 3.05) is 5.32 Å². The Labute approximate surface area is 189 Å². The van der Waals surface area contributed by atoms with E-state index in [1.807, 2.05) is 13.8 Å². The number of carbonyl (C=O) groups excluding carboxylic acids is 2. The van der Waals surface area contributed by atoms with Gasteiger partial charge in [-0.15, -0.1) is 11.3 Å². The first-order valence-electron chi connectivity index (χ1n) is 11.5. The molecule has 0 aromatic carbocycles. The van der Waals surface area contributed by atoms with Crippen molar-refractivity contribution in [1.82, 2.24) is 5.32 Å². The molecule has 0 spiro atoms. The zero-order chi connectivity index (χ0) is 22.9. The Morgan fingerprint density at radius 2 is 1.71 bits per heavy atom. The van der Waals surface area contributed by atoms with Gasteiger partial charge in [-0.2, -0.15) is 0 Å². The molecule has 0 unspecified atom stereocenters. The third kappa shape index (κ3) is 5.30. The number of carboxylic acid groups (broad SMARTS) is 1. The lowest BCUT2D eigenvalue weighted by Crippen LogP contribution is -2.36. The molecule has 2 amide bonds. The molecule has 172 valence electrons. The number of rotatable bonds is 5. The van der Waals surface area contributed by atoms with Crippen LogP contribution in [0.15, 0.2) is 0 Å². The summed E-state index contributed by atoms with van der Waals surface area (Å²) >= 11 is 1.50. The van der Waals surface area contributed by atoms with Crippen LogP contribution in [0.4, 0.5) is 5.00 Å². The van der Waals surface area contributed by atoms with Crippen LogP contribution in [0.3, 0.4) is 0 Å². The van der Waals surface area contributed by atoms with E-state index in [-0.39, 0.29) is 23.3 Å². The van der Waals surface area contributed by atoms with E-state index in [2.05, 4.69) is 31.4 Å². The molecule has 3 N–H and O–H groups in total. The van der Waals surface area contributed by atoms with Crippen LogP contribution in [-0.2, 0) is 22.4 Å². The molecule has 3 rings (SSSR count).